The van der Waals surface area contributed by atoms with Gasteiger partial charge in [0, 0.05) is 19.8 Å². The van der Waals surface area contributed by atoms with Gasteiger partial charge in [-0.2, -0.15) is 0 Å². The highest BCUT2D eigenvalue weighted by atomic mass is 16.5. The minimum atomic E-state index is 0.151. The number of ether oxygens (including phenoxy) is 2. The molecule has 0 aliphatic heterocycles. The van der Waals surface area contributed by atoms with Crippen molar-refractivity contribution >= 4 is 0 Å². The van der Waals surface area contributed by atoms with E-state index in [-0.39, 0.29) is 6.04 Å². The predicted octanol–water partition coefficient (Wildman–Crippen LogP) is 2.86. The van der Waals surface area contributed by atoms with Crippen LogP contribution in [0.25, 0.3) is 0 Å². The molecule has 0 saturated carbocycles. The molecule has 0 spiro atoms. The van der Waals surface area contributed by atoms with Crippen LogP contribution in [0.5, 0.6) is 5.75 Å². The first kappa shape index (κ1) is 16.0. The van der Waals surface area contributed by atoms with E-state index in [9.17, 15) is 0 Å². The normalized spacial score (nSPS) is 12.5. The van der Waals surface area contributed by atoms with Gasteiger partial charge in [-0.3, -0.25) is 0 Å². The fraction of sp³-hybridized carbons (Fsp3) is 0.625. The molecule has 1 aromatic carbocycles. The van der Waals surface area contributed by atoms with Gasteiger partial charge in [0.25, 0.3) is 0 Å². The lowest BCUT2D eigenvalue weighted by Gasteiger charge is -2.15. The second-order valence-corrected chi connectivity index (χ2v) is 5.22. The minimum absolute atomic E-state index is 0.151. The highest BCUT2D eigenvalue weighted by Gasteiger charge is 2.09. The number of aryl methyl sites for hydroxylation is 2. The van der Waals surface area contributed by atoms with Gasteiger partial charge in [0.15, 0.2) is 0 Å². The van der Waals surface area contributed by atoms with E-state index in [1.165, 1.54) is 16.7 Å². The molecule has 1 unspecified atom stereocenters. The van der Waals surface area contributed by atoms with Crippen LogP contribution >= 0.6 is 0 Å². The van der Waals surface area contributed by atoms with Crippen molar-refractivity contribution in [1.29, 1.82) is 0 Å². The standard InChI is InChI=1S/C16H27NO2/c1-12-9-16(19-4)15(10-13(2)17)11-14(12)7-5-6-8-18-3/h9,11,13H,5-8,10,17H2,1-4H3. The van der Waals surface area contributed by atoms with Gasteiger partial charge < -0.3 is 15.2 Å². The molecule has 1 aromatic rings. The first-order valence-corrected chi connectivity index (χ1v) is 6.99. The maximum Gasteiger partial charge on any atom is 0.122 e. The van der Waals surface area contributed by atoms with Crippen LogP contribution in [0.15, 0.2) is 12.1 Å². The second-order valence-electron chi connectivity index (χ2n) is 5.22. The Labute approximate surface area is 117 Å². The summed E-state index contributed by atoms with van der Waals surface area (Å²) in [5.41, 5.74) is 9.81. The summed E-state index contributed by atoms with van der Waals surface area (Å²) in [5, 5.41) is 0. The third-order valence-corrected chi connectivity index (χ3v) is 3.33. The van der Waals surface area contributed by atoms with Crippen LogP contribution in [0.2, 0.25) is 0 Å². The van der Waals surface area contributed by atoms with Gasteiger partial charge in [0.1, 0.15) is 5.75 Å². The number of benzene rings is 1. The van der Waals surface area contributed by atoms with Crippen molar-refractivity contribution in [2.24, 2.45) is 5.73 Å². The van der Waals surface area contributed by atoms with Crippen LogP contribution in [0.3, 0.4) is 0 Å². The predicted molar refractivity (Wildman–Crippen MR) is 79.9 cm³/mol. The fourth-order valence-electron chi connectivity index (χ4n) is 2.30. The summed E-state index contributed by atoms with van der Waals surface area (Å²) >= 11 is 0. The summed E-state index contributed by atoms with van der Waals surface area (Å²) < 4.78 is 10.5. The first-order valence-electron chi connectivity index (χ1n) is 6.99. The van der Waals surface area contributed by atoms with E-state index < -0.39 is 0 Å². The Morgan fingerprint density at radius 3 is 2.47 bits per heavy atom. The maximum absolute atomic E-state index is 5.90. The van der Waals surface area contributed by atoms with Gasteiger partial charge in [-0.25, -0.2) is 0 Å². The molecule has 2 N–H and O–H groups in total. The van der Waals surface area contributed by atoms with Gasteiger partial charge in [-0.1, -0.05) is 6.07 Å². The van der Waals surface area contributed by atoms with Crippen LogP contribution in [-0.4, -0.2) is 26.9 Å². The zero-order valence-electron chi connectivity index (χ0n) is 12.7. The summed E-state index contributed by atoms with van der Waals surface area (Å²) in [5.74, 6) is 0.954. The topological polar surface area (TPSA) is 44.5 Å². The lowest BCUT2D eigenvalue weighted by molar-refractivity contribution is 0.193. The molecule has 0 fully saturated rings. The monoisotopic (exact) mass is 265 g/mol. The first-order chi connectivity index (χ1) is 9.08. The Morgan fingerprint density at radius 1 is 1.16 bits per heavy atom. The second kappa shape index (κ2) is 8.18. The third-order valence-electron chi connectivity index (χ3n) is 3.33. The number of hydrogen-bond donors (Lipinski definition) is 1. The minimum Gasteiger partial charge on any atom is -0.496 e. The van der Waals surface area contributed by atoms with Crippen LogP contribution in [0.4, 0.5) is 0 Å². The number of unbranched alkanes of at least 4 members (excludes halogenated alkanes) is 1. The Balaban J connectivity index is 2.80. The zero-order valence-corrected chi connectivity index (χ0v) is 12.7. The molecule has 0 radical (unpaired) electrons. The molecule has 0 saturated heterocycles. The van der Waals surface area contributed by atoms with Crippen molar-refractivity contribution in [2.45, 2.75) is 45.6 Å². The highest BCUT2D eigenvalue weighted by molar-refractivity contribution is 5.42. The molecule has 0 aliphatic rings. The maximum atomic E-state index is 5.90. The number of rotatable bonds is 8. The number of nitrogens with two attached hydrogens (primary N) is 1. The van der Waals surface area contributed by atoms with Crippen molar-refractivity contribution < 1.29 is 9.47 Å². The quantitative estimate of drug-likeness (QED) is 0.735. The zero-order chi connectivity index (χ0) is 14.3. The van der Waals surface area contributed by atoms with Crippen molar-refractivity contribution in [3.8, 4) is 5.75 Å². The fourth-order valence-corrected chi connectivity index (χ4v) is 2.30. The summed E-state index contributed by atoms with van der Waals surface area (Å²) in [4.78, 5) is 0. The van der Waals surface area contributed by atoms with Crippen molar-refractivity contribution in [3.05, 3.63) is 28.8 Å². The van der Waals surface area contributed by atoms with Crippen molar-refractivity contribution in [3.63, 3.8) is 0 Å². The lowest BCUT2D eigenvalue weighted by atomic mass is 9.96. The van der Waals surface area contributed by atoms with E-state index in [1.54, 1.807) is 14.2 Å². The lowest BCUT2D eigenvalue weighted by Crippen LogP contribution is -2.18. The Kier molecular flexibility index (Phi) is 6.89. The highest BCUT2D eigenvalue weighted by Crippen LogP contribution is 2.25. The van der Waals surface area contributed by atoms with Crippen LogP contribution in [0.1, 0.15) is 36.5 Å². The molecule has 3 nitrogen and oxygen atoms in total. The molecular weight excluding hydrogens is 238 g/mol. The molecule has 0 amide bonds. The number of methoxy groups -OCH3 is 2. The summed E-state index contributed by atoms with van der Waals surface area (Å²) in [6, 6.07) is 4.53. The molecule has 0 heterocycles. The van der Waals surface area contributed by atoms with E-state index in [1.807, 2.05) is 6.92 Å². The molecule has 1 atom stereocenters. The van der Waals surface area contributed by atoms with E-state index in [0.29, 0.717) is 0 Å². The van der Waals surface area contributed by atoms with E-state index in [0.717, 1.165) is 38.0 Å². The molecule has 3 heteroatoms. The average Bonchev–Trinajstić information content (AvgIpc) is 2.37. The molecule has 0 aromatic heterocycles. The molecule has 19 heavy (non-hydrogen) atoms. The van der Waals surface area contributed by atoms with Crippen LogP contribution in [0, 0.1) is 6.92 Å². The third kappa shape index (κ3) is 5.21. The molecule has 1 rings (SSSR count). The number of hydrogen-bond acceptors (Lipinski definition) is 3. The SMILES string of the molecule is COCCCCc1cc(CC(C)N)c(OC)cc1C. The van der Waals surface area contributed by atoms with Gasteiger partial charge in [-0.05, 0) is 62.3 Å². The van der Waals surface area contributed by atoms with Crippen LogP contribution in [-0.2, 0) is 17.6 Å². The summed E-state index contributed by atoms with van der Waals surface area (Å²) in [7, 11) is 3.47. The van der Waals surface area contributed by atoms with Crippen LogP contribution < -0.4 is 10.5 Å². The molecule has 0 aliphatic carbocycles. The largest absolute Gasteiger partial charge is 0.496 e. The van der Waals surface area contributed by atoms with Crippen molar-refractivity contribution in [2.75, 3.05) is 20.8 Å². The average molecular weight is 265 g/mol. The molecule has 108 valence electrons. The molecular formula is C16H27NO2. The van der Waals surface area contributed by atoms with Crippen molar-refractivity contribution in [1.82, 2.24) is 0 Å². The Hall–Kier alpha value is -1.06. The Bertz CT molecular complexity index is 389. The Morgan fingerprint density at radius 2 is 1.89 bits per heavy atom. The smallest absolute Gasteiger partial charge is 0.122 e. The van der Waals surface area contributed by atoms with E-state index in [4.69, 9.17) is 15.2 Å². The van der Waals surface area contributed by atoms with Gasteiger partial charge in [0.05, 0.1) is 7.11 Å². The van der Waals surface area contributed by atoms with E-state index in [2.05, 4.69) is 19.1 Å². The summed E-state index contributed by atoms with van der Waals surface area (Å²) in [6.45, 7) is 5.00. The molecule has 0 bridgehead atoms. The van der Waals surface area contributed by atoms with Gasteiger partial charge in [-0.15, -0.1) is 0 Å². The summed E-state index contributed by atoms with van der Waals surface area (Å²) in [6.07, 6.45) is 4.20. The van der Waals surface area contributed by atoms with Gasteiger partial charge >= 0.3 is 0 Å². The van der Waals surface area contributed by atoms with E-state index >= 15 is 0 Å². The van der Waals surface area contributed by atoms with Gasteiger partial charge in [0.2, 0.25) is 0 Å².